The number of methoxy groups -OCH3 is 1. The quantitative estimate of drug-likeness (QED) is 0.317. The molecule has 0 bridgehead atoms. The maximum Gasteiger partial charge on any atom is 0.491 e. The second-order valence-electron chi connectivity index (χ2n) is 8.94. The summed E-state index contributed by atoms with van der Waals surface area (Å²) in [5, 5.41) is 24.3. The van der Waals surface area contributed by atoms with Gasteiger partial charge in [0.1, 0.15) is 28.5 Å². The molecule has 1 fully saturated rings. The number of likely N-dealkylation sites (tertiary alicyclic amines) is 1. The minimum Gasteiger partial charge on any atom is -0.507 e. The van der Waals surface area contributed by atoms with Crippen molar-refractivity contribution >= 4 is 16.9 Å². The summed E-state index contributed by atoms with van der Waals surface area (Å²) in [6, 6.07) is 9.19. The highest BCUT2D eigenvalue weighted by atomic mass is 19.4. The van der Waals surface area contributed by atoms with Gasteiger partial charge in [-0.3, -0.25) is 4.68 Å². The van der Waals surface area contributed by atoms with Crippen LogP contribution in [0.15, 0.2) is 42.6 Å². The minimum absolute atomic E-state index is 0.0609. The number of carbonyl (C=O) groups is 1. The molecule has 3 heterocycles. The number of hydrogen-bond donors (Lipinski definition) is 1. The molecule has 0 aliphatic carbocycles. The molecule has 12 heteroatoms. The van der Waals surface area contributed by atoms with Crippen molar-refractivity contribution in [2.45, 2.75) is 12.1 Å². The van der Waals surface area contributed by atoms with Gasteiger partial charge in [-0.05, 0) is 54.6 Å². The molecule has 0 saturated carbocycles. The second kappa shape index (κ2) is 9.04. The van der Waals surface area contributed by atoms with Crippen LogP contribution >= 0.6 is 0 Å². The zero-order valence-electron chi connectivity index (χ0n) is 20.1. The van der Waals surface area contributed by atoms with Crippen LogP contribution in [0.25, 0.3) is 33.3 Å². The lowest BCUT2D eigenvalue weighted by Gasteiger charge is -2.35. The molecule has 0 radical (unpaired) electrons. The first kappa shape index (κ1) is 24.5. The van der Waals surface area contributed by atoms with Gasteiger partial charge in [-0.25, -0.2) is 4.79 Å². The first-order valence-corrected chi connectivity index (χ1v) is 11.2. The van der Waals surface area contributed by atoms with Gasteiger partial charge in [0, 0.05) is 37.6 Å². The topological polar surface area (TPSA) is 103 Å². The van der Waals surface area contributed by atoms with Crippen molar-refractivity contribution in [1.29, 1.82) is 0 Å². The minimum atomic E-state index is -5.24. The third-order valence-electron chi connectivity index (χ3n) is 6.18. The first-order chi connectivity index (χ1) is 17.5. The summed E-state index contributed by atoms with van der Waals surface area (Å²) in [6.45, 7) is 1.63. The van der Waals surface area contributed by atoms with Gasteiger partial charge in [-0.2, -0.15) is 23.4 Å². The van der Waals surface area contributed by atoms with E-state index in [0.29, 0.717) is 22.2 Å². The molecule has 1 saturated heterocycles. The first-order valence-electron chi connectivity index (χ1n) is 11.2. The van der Waals surface area contributed by atoms with Gasteiger partial charge in [-0.1, -0.05) is 0 Å². The van der Waals surface area contributed by atoms with Crippen molar-refractivity contribution in [2.24, 2.45) is 7.05 Å². The molecule has 0 amide bonds. The Kier molecular flexibility index (Phi) is 5.98. The molecule has 2 aromatic carbocycles. The number of hydrogen-bond acceptors (Lipinski definition) is 8. The number of likely N-dealkylation sites (N-methyl/N-ethyl adjacent to an activating group) is 1. The molecule has 0 unspecified atom stereocenters. The molecule has 2 aromatic heterocycles. The Morgan fingerprint density at radius 1 is 1.05 bits per heavy atom. The van der Waals surface area contributed by atoms with E-state index in [1.807, 2.05) is 7.05 Å². The molecule has 5 rings (SSSR count). The predicted octanol–water partition coefficient (Wildman–Crippen LogP) is 3.91. The van der Waals surface area contributed by atoms with Crippen molar-refractivity contribution in [3.63, 3.8) is 0 Å². The number of carbonyl (C=O) groups excluding carboxylic acids is 1. The highest BCUT2D eigenvalue weighted by molar-refractivity contribution is 5.91. The number of benzene rings is 2. The summed E-state index contributed by atoms with van der Waals surface area (Å²) in [4.78, 5) is 13.9. The SMILES string of the molecule is COc1cc(-c2cc(O)c(-c3ccc(C4CN(C)C4)nn3)c(OC(=O)C(F)(F)F)c2)cc2cn(C)nc12. The lowest BCUT2D eigenvalue weighted by atomic mass is 9.96. The molecular weight excluding hydrogens is 491 g/mol. The van der Waals surface area contributed by atoms with Crippen LogP contribution in [-0.2, 0) is 11.8 Å². The molecule has 192 valence electrons. The predicted molar refractivity (Wildman–Crippen MR) is 127 cm³/mol. The number of phenolic OH excluding ortho intramolecular Hbond substituents is 1. The summed E-state index contributed by atoms with van der Waals surface area (Å²) in [5.74, 6) is -2.74. The summed E-state index contributed by atoms with van der Waals surface area (Å²) < 4.78 is 51.0. The number of ether oxygens (including phenoxy) is 2. The van der Waals surface area contributed by atoms with Gasteiger partial charge in [0.2, 0.25) is 0 Å². The lowest BCUT2D eigenvalue weighted by Crippen LogP contribution is -2.42. The number of rotatable bonds is 5. The van der Waals surface area contributed by atoms with E-state index in [-0.39, 0.29) is 22.7 Å². The second-order valence-corrected chi connectivity index (χ2v) is 8.94. The van der Waals surface area contributed by atoms with Crippen LogP contribution in [0.3, 0.4) is 0 Å². The Bertz CT molecular complexity index is 1500. The molecular formula is C25H22F3N5O4. The number of aromatic hydroxyl groups is 1. The fraction of sp³-hybridized carbons (Fsp3) is 0.280. The van der Waals surface area contributed by atoms with Gasteiger partial charge in [-0.15, -0.1) is 5.10 Å². The van der Waals surface area contributed by atoms with E-state index in [1.165, 1.54) is 25.3 Å². The van der Waals surface area contributed by atoms with Gasteiger partial charge in [0.15, 0.2) is 0 Å². The van der Waals surface area contributed by atoms with Crippen LogP contribution in [0.2, 0.25) is 0 Å². The van der Waals surface area contributed by atoms with Crippen molar-refractivity contribution in [3.05, 3.63) is 48.3 Å². The van der Waals surface area contributed by atoms with Gasteiger partial charge in [0.25, 0.3) is 0 Å². The molecule has 1 aliphatic heterocycles. The Morgan fingerprint density at radius 2 is 1.76 bits per heavy atom. The third-order valence-corrected chi connectivity index (χ3v) is 6.18. The van der Waals surface area contributed by atoms with Crippen molar-refractivity contribution < 1.29 is 32.5 Å². The number of alkyl halides is 3. The lowest BCUT2D eigenvalue weighted by molar-refractivity contribution is -0.189. The zero-order chi connectivity index (χ0) is 26.5. The number of halogens is 3. The number of phenols is 1. The third kappa shape index (κ3) is 4.67. The average Bonchev–Trinajstić information content (AvgIpc) is 3.21. The molecule has 37 heavy (non-hydrogen) atoms. The van der Waals surface area contributed by atoms with E-state index in [0.717, 1.165) is 18.8 Å². The van der Waals surface area contributed by atoms with E-state index in [1.54, 1.807) is 36.1 Å². The van der Waals surface area contributed by atoms with Crippen molar-refractivity contribution in [3.8, 4) is 39.6 Å². The molecule has 0 spiro atoms. The monoisotopic (exact) mass is 513 g/mol. The van der Waals surface area contributed by atoms with Gasteiger partial charge < -0.3 is 19.5 Å². The summed E-state index contributed by atoms with van der Waals surface area (Å²) >= 11 is 0. The Balaban J connectivity index is 1.61. The maximum absolute atomic E-state index is 13.1. The van der Waals surface area contributed by atoms with E-state index in [4.69, 9.17) is 9.47 Å². The standard InChI is InChI=1S/C25H22F3N5O4/c1-32-10-16(11-32)17-4-5-18(30-29-17)22-19(34)7-14(8-20(22)37-24(35)25(26,27)28)13-6-15-12-33(2)31-23(15)21(9-13)36-3/h4-9,12,16,34H,10-11H2,1-3H3. The largest absolute Gasteiger partial charge is 0.507 e. The fourth-order valence-electron chi connectivity index (χ4n) is 4.39. The van der Waals surface area contributed by atoms with Crippen LogP contribution in [-0.4, -0.2) is 69.4 Å². The Labute approximate surface area is 209 Å². The highest BCUT2D eigenvalue weighted by Gasteiger charge is 2.42. The van der Waals surface area contributed by atoms with E-state index >= 15 is 0 Å². The van der Waals surface area contributed by atoms with Gasteiger partial charge >= 0.3 is 12.1 Å². The summed E-state index contributed by atoms with van der Waals surface area (Å²) in [6.07, 6.45) is -3.50. The smallest absolute Gasteiger partial charge is 0.491 e. The highest BCUT2D eigenvalue weighted by Crippen LogP contribution is 2.43. The number of esters is 1. The fourth-order valence-corrected chi connectivity index (χ4v) is 4.39. The van der Waals surface area contributed by atoms with Crippen LogP contribution in [0, 0.1) is 0 Å². The van der Waals surface area contributed by atoms with Crippen LogP contribution in [0.4, 0.5) is 13.2 Å². The number of fused-ring (bicyclic) bond motifs is 1. The maximum atomic E-state index is 13.1. The average molecular weight is 513 g/mol. The Hall–Kier alpha value is -4.19. The number of aryl methyl sites for hydroxylation is 1. The molecule has 0 atom stereocenters. The van der Waals surface area contributed by atoms with E-state index in [2.05, 4.69) is 20.2 Å². The molecule has 9 nitrogen and oxygen atoms in total. The molecule has 1 N–H and O–H groups in total. The van der Waals surface area contributed by atoms with Crippen molar-refractivity contribution in [2.75, 3.05) is 27.2 Å². The van der Waals surface area contributed by atoms with Crippen LogP contribution < -0.4 is 9.47 Å². The van der Waals surface area contributed by atoms with Crippen molar-refractivity contribution in [1.82, 2.24) is 24.9 Å². The van der Waals surface area contributed by atoms with Gasteiger partial charge in [0.05, 0.1) is 18.4 Å². The molecule has 1 aliphatic rings. The normalized spacial score (nSPS) is 14.5. The molecule has 4 aromatic rings. The van der Waals surface area contributed by atoms with E-state index < -0.39 is 23.6 Å². The van der Waals surface area contributed by atoms with E-state index in [9.17, 15) is 23.1 Å². The summed E-state index contributed by atoms with van der Waals surface area (Å²) in [7, 11) is 5.18. The zero-order valence-corrected chi connectivity index (χ0v) is 20.1. The van der Waals surface area contributed by atoms with Crippen LogP contribution in [0.5, 0.6) is 17.2 Å². The number of aromatic nitrogens is 4. The Morgan fingerprint density at radius 3 is 2.38 bits per heavy atom. The van der Waals surface area contributed by atoms with Crippen LogP contribution in [0.1, 0.15) is 11.6 Å². The summed E-state index contributed by atoms with van der Waals surface area (Å²) in [5.41, 5.74) is 1.98. The number of nitrogens with zero attached hydrogens (tertiary/aromatic N) is 5.